The number of hydrogen-bond acceptors (Lipinski definition) is 2. The van der Waals surface area contributed by atoms with E-state index in [9.17, 15) is 4.79 Å². The van der Waals surface area contributed by atoms with Gasteiger partial charge in [-0.15, -0.1) is 0 Å². The molecule has 0 bridgehead atoms. The van der Waals surface area contributed by atoms with E-state index in [2.05, 4.69) is 31.9 Å². The molecule has 0 aromatic rings. The van der Waals surface area contributed by atoms with E-state index in [0.717, 1.165) is 11.8 Å². The zero-order valence-electron chi connectivity index (χ0n) is 6.48. The van der Waals surface area contributed by atoms with Gasteiger partial charge >= 0.3 is 5.97 Å². The minimum atomic E-state index is -0.131. The average molecular weight is 288 g/mol. The summed E-state index contributed by atoms with van der Waals surface area (Å²) in [5.74, 6) is -0.131. The summed E-state index contributed by atoms with van der Waals surface area (Å²) in [5, 5.41) is 0.772. The molecule has 0 aliphatic carbocycles. The molecule has 0 saturated carbocycles. The number of alkyl halides is 2. The first-order chi connectivity index (χ1) is 5.20. The maximum absolute atomic E-state index is 10.9. The molecule has 0 aromatic heterocycles. The summed E-state index contributed by atoms with van der Waals surface area (Å²) < 4.78 is 4.87. The van der Waals surface area contributed by atoms with Gasteiger partial charge in [0, 0.05) is 10.2 Å². The first-order valence-corrected chi connectivity index (χ1v) is 5.60. The third-order valence-electron chi connectivity index (χ3n) is 1.02. The van der Waals surface area contributed by atoms with Gasteiger partial charge in [0.25, 0.3) is 0 Å². The molecule has 1 atom stereocenters. The number of ether oxygens (including phenoxy) is 1. The smallest absolute Gasteiger partial charge is 0.306 e. The maximum Gasteiger partial charge on any atom is 0.306 e. The Kier molecular flexibility index (Phi) is 7.38. The second-order valence-corrected chi connectivity index (χ2v) is 4.12. The van der Waals surface area contributed by atoms with Gasteiger partial charge in [-0.1, -0.05) is 38.8 Å². The number of halogens is 2. The van der Waals surface area contributed by atoms with Crippen molar-refractivity contribution in [2.75, 3.05) is 11.9 Å². The minimum absolute atomic E-state index is 0.131. The predicted octanol–water partition coefficient (Wildman–Crippen LogP) is 2.49. The topological polar surface area (TPSA) is 26.3 Å². The Labute approximate surface area is 83.9 Å². The van der Waals surface area contributed by atoms with Crippen molar-refractivity contribution in [3.8, 4) is 0 Å². The van der Waals surface area contributed by atoms with Gasteiger partial charge in [0.2, 0.25) is 0 Å². The molecule has 2 nitrogen and oxygen atoms in total. The highest BCUT2D eigenvalue weighted by molar-refractivity contribution is 9.12. The van der Waals surface area contributed by atoms with E-state index in [1.54, 1.807) is 0 Å². The van der Waals surface area contributed by atoms with Crippen LogP contribution in [0, 0.1) is 0 Å². The molecule has 0 aromatic carbocycles. The van der Waals surface area contributed by atoms with Crippen LogP contribution in [0.4, 0.5) is 0 Å². The molecule has 0 spiro atoms. The fourth-order valence-electron chi connectivity index (χ4n) is 0.510. The Hall–Kier alpha value is 0.430. The van der Waals surface area contributed by atoms with Crippen molar-refractivity contribution in [3.63, 3.8) is 0 Å². The van der Waals surface area contributed by atoms with Crippen molar-refractivity contribution < 1.29 is 9.53 Å². The van der Waals surface area contributed by atoms with E-state index in [0.29, 0.717) is 13.0 Å². The Morgan fingerprint density at radius 1 is 1.64 bits per heavy atom. The molecule has 0 saturated heterocycles. The summed E-state index contributed by atoms with van der Waals surface area (Å²) >= 11 is 6.58. The highest BCUT2D eigenvalue weighted by Gasteiger charge is 2.09. The summed E-state index contributed by atoms with van der Waals surface area (Å²) in [6.45, 7) is 2.50. The number of rotatable bonds is 5. The number of carbonyl (C=O) groups excluding carboxylic acids is 1. The fourth-order valence-corrected chi connectivity index (χ4v) is 1.00. The Morgan fingerprint density at radius 3 is 2.73 bits per heavy atom. The van der Waals surface area contributed by atoms with Crippen molar-refractivity contribution >= 4 is 37.8 Å². The Bertz CT molecular complexity index is 117. The zero-order chi connectivity index (χ0) is 8.69. The second kappa shape index (κ2) is 7.10. The number of hydrogen-bond donors (Lipinski definition) is 0. The first kappa shape index (κ1) is 11.4. The highest BCUT2D eigenvalue weighted by atomic mass is 79.9. The van der Waals surface area contributed by atoms with Gasteiger partial charge in [0.15, 0.2) is 0 Å². The molecular weight excluding hydrogens is 276 g/mol. The normalized spacial score (nSPS) is 12.6. The molecule has 4 heteroatoms. The lowest BCUT2D eigenvalue weighted by molar-refractivity contribution is -0.143. The standard InChI is InChI=1S/C7H12Br2O2/c1-2-3-11-7(10)4-6(9)5-8/h6H,2-5H2,1H3. The molecule has 0 fully saturated rings. The van der Waals surface area contributed by atoms with Crippen LogP contribution in [-0.4, -0.2) is 22.7 Å². The number of carbonyl (C=O) groups is 1. The van der Waals surface area contributed by atoms with Gasteiger partial charge in [-0.3, -0.25) is 4.79 Å². The van der Waals surface area contributed by atoms with Crippen LogP contribution in [0.25, 0.3) is 0 Å². The van der Waals surface area contributed by atoms with Gasteiger partial charge in [-0.2, -0.15) is 0 Å². The third kappa shape index (κ3) is 6.81. The maximum atomic E-state index is 10.9. The molecule has 0 amide bonds. The van der Waals surface area contributed by atoms with Crippen LogP contribution < -0.4 is 0 Å². The van der Waals surface area contributed by atoms with E-state index >= 15 is 0 Å². The molecule has 11 heavy (non-hydrogen) atoms. The van der Waals surface area contributed by atoms with E-state index < -0.39 is 0 Å². The van der Waals surface area contributed by atoms with Gasteiger partial charge in [-0.25, -0.2) is 0 Å². The quantitative estimate of drug-likeness (QED) is 0.574. The van der Waals surface area contributed by atoms with Gasteiger partial charge in [0.05, 0.1) is 13.0 Å². The second-order valence-electron chi connectivity index (χ2n) is 2.18. The zero-order valence-corrected chi connectivity index (χ0v) is 9.65. The van der Waals surface area contributed by atoms with Crippen LogP contribution in [0.5, 0.6) is 0 Å². The Balaban J connectivity index is 3.36. The fraction of sp³-hybridized carbons (Fsp3) is 0.857. The van der Waals surface area contributed by atoms with E-state index in [-0.39, 0.29) is 10.8 Å². The Morgan fingerprint density at radius 2 is 2.27 bits per heavy atom. The minimum Gasteiger partial charge on any atom is -0.466 e. The molecule has 0 radical (unpaired) electrons. The van der Waals surface area contributed by atoms with Crippen molar-refractivity contribution in [2.45, 2.75) is 24.6 Å². The molecular formula is C7H12Br2O2. The summed E-state index contributed by atoms with van der Waals surface area (Å²) in [4.78, 5) is 11.1. The van der Waals surface area contributed by atoms with Gasteiger partial charge in [-0.05, 0) is 6.42 Å². The van der Waals surface area contributed by atoms with Crippen LogP contribution in [0.2, 0.25) is 0 Å². The largest absolute Gasteiger partial charge is 0.466 e. The lowest BCUT2D eigenvalue weighted by Crippen LogP contribution is -2.12. The van der Waals surface area contributed by atoms with Crippen LogP contribution >= 0.6 is 31.9 Å². The van der Waals surface area contributed by atoms with Gasteiger partial charge < -0.3 is 4.74 Å². The van der Waals surface area contributed by atoms with Crippen molar-refractivity contribution in [2.24, 2.45) is 0 Å². The van der Waals surface area contributed by atoms with E-state index in [1.807, 2.05) is 6.92 Å². The van der Waals surface area contributed by atoms with Crippen molar-refractivity contribution in [1.29, 1.82) is 0 Å². The lowest BCUT2D eigenvalue weighted by Gasteiger charge is -2.05. The SMILES string of the molecule is CCCOC(=O)CC(Br)CBr. The summed E-state index contributed by atoms with van der Waals surface area (Å²) in [6, 6.07) is 0. The molecule has 66 valence electrons. The summed E-state index contributed by atoms with van der Waals surface area (Å²) in [7, 11) is 0. The number of esters is 1. The van der Waals surface area contributed by atoms with Crippen molar-refractivity contribution in [1.82, 2.24) is 0 Å². The molecule has 0 aliphatic rings. The lowest BCUT2D eigenvalue weighted by atomic mass is 10.3. The molecule has 0 rings (SSSR count). The molecule has 0 N–H and O–H groups in total. The molecule has 0 heterocycles. The highest BCUT2D eigenvalue weighted by Crippen LogP contribution is 2.08. The predicted molar refractivity (Wildman–Crippen MR) is 52.4 cm³/mol. The molecule has 0 aliphatic heterocycles. The van der Waals surface area contributed by atoms with Crippen LogP contribution in [0.1, 0.15) is 19.8 Å². The molecule has 1 unspecified atom stereocenters. The monoisotopic (exact) mass is 286 g/mol. The van der Waals surface area contributed by atoms with Crippen molar-refractivity contribution in [3.05, 3.63) is 0 Å². The summed E-state index contributed by atoms with van der Waals surface area (Å²) in [5.41, 5.74) is 0. The van der Waals surface area contributed by atoms with Crippen LogP contribution in [-0.2, 0) is 9.53 Å². The van der Waals surface area contributed by atoms with Gasteiger partial charge in [0.1, 0.15) is 0 Å². The first-order valence-electron chi connectivity index (χ1n) is 3.56. The van der Waals surface area contributed by atoms with Crippen LogP contribution in [0.3, 0.4) is 0 Å². The third-order valence-corrected chi connectivity index (χ3v) is 3.32. The summed E-state index contributed by atoms with van der Waals surface area (Å²) in [6.07, 6.45) is 1.32. The van der Waals surface area contributed by atoms with E-state index in [1.165, 1.54) is 0 Å². The van der Waals surface area contributed by atoms with E-state index in [4.69, 9.17) is 4.74 Å². The average Bonchev–Trinajstić information content (AvgIpc) is 2.00. The van der Waals surface area contributed by atoms with Crippen LogP contribution in [0.15, 0.2) is 0 Å².